The van der Waals surface area contributed by atoms with E-state index in [1.54, 1.807) is 24.3 Å². The summed E-state index contributed by atoms with van der Waals surface area (Å²) in [5.41, 5.74) is 0.708. The summed E-state index contributed by atoms with van der Waals surface area (Å²) in [5, 5.41) is 8.07. The van der Waals surface area contributed by atoms with Crippen molar-refractivity contribution < 1.29 is 31.8 Å². The molecule has 1 amide bonds. The van der Waals surface area contributed by atoms with Crippen LogP contribution in [0.15, 0.2) is 47.4 Å². The first-order valence-electron chi connectivity index (χ1n) is 9.60. The fraction of sp³-hybridized carbons (Fsp3) is 0.381. The van der Waals surface area contributed by atoms with E-state index in [0.717, 1.165) is 12.1 Å². The number of nitrogens with zero attached hydrogens (tertiary/aromatic N) is 1. The molecule has 1 aliphatic rings. The molecule has 0 aliphatic carbocycles. The van der Waals surface area contributed by atoms with E-state index < -0.39 is 31.6 Å². The van der Waals surface area contributed by atoms with Gasteiger partial charge in [-0.05, 0) is 36.2 Å². The molecule has 1 heterocycles. The van der Waals surface area contributed by atoms with Crippen molar-refractivity contribution in [2.75, 3.05) is 19.7 Å². The molecule has 9 heteroatoms. The average Bonchev–Trinajstić information content (AvgIpc) is 3.24. The Hall–Kier alpha value is -2.52. The molecule has 30 heavy (non-hydrogen) atoms. The summed E-state index contributed by atoms with van der Waals surface area (Å²) in [6.07, 6.45) is 0.178. The molecular weight excluding hydrogens is 416 g/mol. The Kier molecular flexibility index (Phi) is 8.31. The molecule has 1 unspecified atom stereocenters. The molecule has 0 radical (unpaired) electrons. The zero-order chi connectivity index (χ0) is 22.3. The maximum atomic E-state index is 13.4. The number of aliphatic hydroxyl groups excluding tert-OH is 1. The minimum Gasteiger partial charge on any atom is -0.484 e. The number of hydrogen-bond donors (Lipinski definition) is 1. The van der Waals surface area contributed by atoms with Crippen LogP contribution >= 0.6 is 0 Å². The number of carbonyl (C=O) groups is 1. The van der Waals surface area contributed by atoms with Crippen molar-refractivity contribution in [1.29, 1.82) is 0 Å². The van der Waals surface area contributed by atoms with Gasteiger partial charge in [-0.3, -0.25) is 4.79 Å². The standard InChI is InChI=1S/C19H19F2NO5S.C2H6/c20-14-7-15(21)9-18(8-14)28(25,26)17-5-6-22(10-17)19(24)12-27-16-3-1-13(11-23)2-4-16;1-2/h1-4,7-9,17,23H,5-6,10-12H2;1-2H3. The van der Waals surface area contributed by atoms with Crippen LogP contribution in [0.2, 0.25) is 0 Å². The zero-order valence-corrected chi connectivity index (χ0v) is 17.7. The summed E-state index contributed by atoms with van der Waals surface area (Å²) in [6, 6.07) is 8.73. The number of amides is 1. The molecule has 1 saturated heterocycles. The summed E-state index contributed by atoms with van der Waals surface area (Å²) in [4.78, 5) is 13.2. The Morgan fingerprint density at radius 1 is 1.13 bits per heavy atom. The van der Waals surface area contributed by atoms with Crippen molar-refractivity contribution >= 4 is 15.7 Å². The third-order valence-electron chi connectivity index (χ3n) is 4.57. The van der Waals surface area contributed by atoms with E-state index in [4.69, 9.17) is 9.84 Å². The molecule has 2 aromatic carbocycles. The van der Waals surface area contributed by atoms with Crippen LogP contribution in [0.25, 0.3) is 0 Å². The molecule has 1 N–H and O–H groups in total. The number of likely N-dealkylation sites (tertiary alicyclic amines) is 1. The van der Waals surface area contributed by atoms with Crippen molar-refractivity contribution in [2.24, 2.45) is 0 Å². The van der Waals surface area contributed by atoms with Crippen molar-refractivity contribution in [3.05, 3.63) is 59.7 Å². The molecule has 0 spiro atoms. The first kappa shape index (κ1) is 23.8. The number of sulfone groups is 1. The minimum atomic E-state index is -3.96. The lowest BCUT2D eigenvalue weighted by molar-refractivity contribution is -0.132. The predicted octanol–water partition coefficient (Wildman–Crippen LogP) is 2.94. The number of aliphatic hydroxyl groups is 1. The maximum absolute atomic E-state index is 13.4. The zero-order valence-electron chi connectivity index (χ0n) is 16.8. The molecule has 164 valence electrons. The number of benzene rings is 2. The summed E-state index contributed by atoms with van der Waals surface area (Å²) in [7, 11) is -3.96. The quantitative estimate of drug-likeness (QED) is 0.745. The van der Waals surface area contributed by atoms with Crippen LogP contribution in [0, 0.1) is 11.6 Å². The number of ether oxygens (including phenoxy) is 1. The van der Waals surface area contributed by atoms with E-state index in [1.807, 2.05) is 13.8 Å². The molecule has 2 aromatic rings. The smallest absolute Gasteiger partial charge is 0.260 e. The SMILES string of the molecule is CC.O=C(COc1ccc(CO)cc1)N1CCC(S(=O)(=O)c2cc(F)cc(F)c2)C1. The second-order valence-electron chi connectivity index (χ2n) is 6.49. The third-order valence-corrected chi connectivity index (χ3v) is 6.72. The molecule has 3 rings (SSSR count). The monoisotopic (exact) mass is 441 g/mol. The highest BCUT2D eigenvalue weighted by molar-refractivity contribution is 7.92. The highest BCUT2D eigenvalue weighted by Gasteiger charge is 2.36. The third kappa shape index (κ3) is 5.76. The van der Waals surface area contributed by atoms with E-state index in [2.05, 4.69) is 0 Å². The summed E-state index contributed by atoms with van der Waals surface area (Å²) in [6.45, 7) is 3.79. The van der Waals surface area contributed by atoms with Crippen molar-refractivity contribution in [3.63, 3.8) is 0 Å². The lowest BCUT2D eigenvalue weighted by Gasteiger charge is -2.17. The van der Waals surface area contributed by atoms with Crippen LogP contribution < -0.4 is 4.74 Å². The fourth-order valence-corrected chi connectivity index (χ4v) is 4.75. The lowest BCUT2D eigenvalue weighted by atomic mass is 10.2. The van der Waals surface area contributed by atoms with Gasteiger partial charge in [0.1, 0.15) is 17.4 Å². The van der Waals surface area contributed by atoms with Crippen LogP contribution in [0.5, 0.6) is 5.75 Å². The van der Waals surface area contributed by atoms with Crippen LogP contribution in [0.3, 0.4) is 0 Å². The molecular formula is C21H25F2NO5S. The minimum absolute atomic E-state index is 0.0634. The Labute approximate surface area is 175 Å². The van der Waals surface area contributed by atoms with Gasteiger partial charge in [0, 0.05) is 19.2 Å². The van der Waals surface area contributed by atoms with Gasteiger partial charge < -0.3 is 14.7 Å². The van der Waals surface area contributed by atoms with Crippen LogP contribution in [0.4, 0.5) is 8.78 Å². The summed E-state index contributed by atoms with van der Waals surface area (Å²) >= 11 is 0. The van der Waals surface area contributed by atoms with Gasteiger partial charge in [0.25, 0.3) is 5.91 Å². The highest BCUT2D eigenvalue weighted by Crippen LogP contribution is 2.25. The average molecular weight is 441 g/mol. The molecule has 1 aliphatic heterocycles. The number of hydrogen-bond acceptors (Lipinski definition) is 5. The van der Waals surface area contributed by atoms with E-state index in [1.165, 1.54) is 4.90 Å². The van der Waals surface area contributed by atoms with Gasteiger partial charge in [-0.25, -0.2) is 17.2 Å². The van der Waals surface area contributed by atoms with Crippen LogP contribution in [-0.2, 0) is 21.2 Å². The van der Waals surface area contributed by atoms with Gasteiger partial charge in [-0.1, -0.05) is 26.0 Å². The topological polar surface area (TPSA) is 83.9 Å². The Morgan fingerprint density at radius 3 is 2.30 bits per heavy atom. The summed E-state index contributed by atoms with van der Waals surface area (Å²) in [5.74, 6) is -1.87. The largest absolute Gasteiger partial charge is 0.484 e. The molecule has 0 bridgehead atoms. The first-order valence-corrected chi connectivity index (χ1v) is 11.1. The number of rotatable bonds is 6. The number of halogens is 2. The predicted molar refractivity (Wildman–Crippen MR) is 108 cm³/mol. The molecule has 1 atom stereocenters. The van der Waals surface area contributed by atoms with Gasteiger partial charge in [-0.2, -0.15) is 0 Å². The van der Waals surface area contributed by atoms with E-state index >= 15 is 0 Å². The Morgan fingerprint density at radius 2 is 1.73 bits per heavy atom. The Balaban J connectivity index is 0.00000155. The van der Waals surface area contributed by atoms with Gasteiger partial charge in [0.05, 0.1) is 16.8 Å². The van der Waals surface area contributed by atoms with Crippen molar-refractivity contribution in [2.45, 2.75) is 37.0 Å². The van der Waals surface area contributed by atoms with E-state index in [0.29, 0.717) is 17.4 Å². The molecule has 6 nitrogen and oxygen atoms in total. The second-order valence-corrected chi connectivity index (χ2v) is 8.72. The highest BCUT2D eigenvalue weighted by atomic mass is 32.2. The maximum Gasteiger partial charge on any atom is 0.260 e. The number of carbonyl (C=O) groups excluding carboxylic acids is 1. The van der Waals surface area contributed by atoms with E-state index in [-0.39, 0.29) is 38.6 Å². The van der Waals surface area contributed by atoms with Crippen molar-refractivity contribution in [3.8, 4) is 5.75 Å². The second kappa shape index (κ2) is 10.5. The Bertz CT molecular complexity index is 944. The van der Waals surface area contributed by atoms with Gasteiger partial charge in [0.2, 0.25) is 0 Å². The lowest BCUT2D eigenvalue weighted by Crippen LogP contribution is -2.35. The fourth-order valence-electron chi connectivity index (χ4n) is 3.02. The molecule has 0 saturated carbocycles. The first-order chi connectivity index (χ1) is 14.3. The van der Waals surface area contributed by atoms with E-state index in [9.17, 15) is 22.0 Å². The van der Waals surface area contributed by atoms with Gasteiger partial charge in [0.15, 0.2) is 16.4 Å². The van der Waals surface area contributed by atoms with Gasteiger partial charge >= 0.3 is 0 Å². The van der Waals surface area contributed by atoms with Crippen LogP contribution in [0.1, 0.15) is 25.8 Å². The molecule has 1 fully saturated rings. The van der Waals surface area contributed by atoms with Crippen LogP contribution in [-0.4, -0.2) is 49.3 Å². The molecule has 0 aromatic heterocycles. The van der Waals surface area contributed by atoms with Gasteiger partial charge in [-0.15, -0.1) is 0 Å². The summed E-state index contributed by atoms with van der Waals surface area (Å²) < 4.78 is 57.4. The van der Waals surface area contributed by atoms with Crippen molar-refractivity contribution in [1.82, 2.24) is 4.90 Å². The normalized spacial score (nSPS) is 16.0.